The normalized spacial score (nSPS) is 10.6. The number of halogens is 2. The zero-order valence-electron chi connectivity index (χ0n) is 11.0. The Morgan fingerprint density at radius 3 is 2.86 bits per heavy atom. The lowest BCUT2D eigenvalue weighted by Gasteiger charge is -2.07. The largest absolute Gasteiger partial charge is 0.495 e. The third-order valence-electron chi connectivity index (χ3n) is 2.51. The van der Waals surface area contributed by atoms with E-state index in [0.717, 1.165) is 14.5 Å². The molecule has 0 unspecified atom stereocenters. The number of carbonyl (C=O) groups excluding carboxylic acids is 1. The Balaban J connectivity index is 2.13. The molecule has 1 aromatic carbocycles. The summed E-state index contributed by atoms with van der Waals surface area (Å²) in [5.74, 6) is 0.258. The maximum atomic E-state index is 11.8. The molecule has 1 amide bonds. The van der Waals surface area contributed by atoms with Crippen LogP contribution in [0.2, 0.25) is 0 Å². The van der Waals surface area contributed by atoms with Crippen molar-refractivity contribution in [2.45, 2.75) is 0 Å². The molecule has 5 nitrogen and oxygen atoms in total. The molecule has 0 aliphatic heterocycles. The van der Waals surface area contributed by atoms with Crippen molar-refractivity contribution < 1.29 is 9.53 Å². The van der Waals surface area contributed by atoms with Gasteiger partial charge >= 0.3 is 0 Å². The van der Waals surface area contributed by atoms with E-state index in [2.05, 4.69) is 47.4 Å². The highest BCUT2D eigenvalue weighted by atomic mass is 79.9. The zero-order chi connectivity index (χ0) is 15.2. The van der Waals surface area contributed by atoms with Crippen molar-refractivity contribution in [3.8, 4) is 5.75 Å². The van der Waals surface area contributed by atoms with Crippen molar-refractivity contribution in [1.82, 2.24) is 10.4 Å². The second kappa shape index (κ2) is 7.33. The minimum absolute atomic E-state index is 0.303. The monoisotopic (exact) mass is 411 g/mol. The second-order valence-corrected chi connectivity index (χ2v) is 5.69. The average Bonchev–Trinajstić information content (AvgIpc) is 2.47. The van der Waals surface area contributed by atoms with Crippen LogP contribution in [0.15, 0.2) is 50.6 Å². The van der Waals surface area contributed by atoms with E-state index < -0.39 is 0 Å². The van der Waals surface area contributed by atoms with E-state index in [4.69, 9.17) is 4.74 Å². The molecular weight excluding hydrogens is 402 g/mol. The summed E-state index contributed by atoms with van der Waals surface area (Å²) in [6, 6.07) is 8.79. The van der Waals surface area contributed by atoms with Crippen LogP contribution in [0.1, 0.15) is 16.1 Å². The van der Waals surface area contributed by atoms with Crippen LogP contribution in [0.25, 0.3) is 0 Å². The van der Waals surface area contributed by atoms with Crippen LogP contribution >= 0.6 is 31.9 Å². The molecule has 0 spiro atoms. The van der Waals surface area contributed by atoms with E-state index in [0.29, 0.717) is 11.4 Å². The van der Waals surface area contributed by atoms with Gasteiger partial charge in [0.25, 0.3) is 5.91 Å². The van der Waals surface area contributed by atoms with Crippen LogP contribution in [0.3, 0.4) is 0 Å². The SMILES string of the molecule is COc1c(Br)cc(Br)cc1/C=N\NC(=O)c1ccccn1. The fourth-order valence-corrected chi connectivity index (χ4v) is 3.03. The van der Waals surface area contributed by atoms with E-state index in [1.54, 1.807) is 31.5 Å². The maximum absolute atomic E-state index is 11.8. The number of nitrogens with zero attached hydrogens (tertiary/aromatic N) is 2. The fraction of sp³-hybridized carbons (Fsp3) is 0.0714. The number of amides is 1. The third-order valence-corrected chi connectivity index (χ3v) is 3.56. The number of carbonyl (C=O) groups is 1. The molecule has 2 rings (SSSR count). The number of nitrogens with one attached hydrogen (secondary N) is 1. The Hall–Kier alpha value is -1.73. The van der Waals surface area contributed by atoms with Gasteiger partial charge in [-0.2, -0.15) is 5.10 Å². The van der Waals surface area contributed by atoms with Crippen molar-refractivity contribution in [2.24, 2.45) is 5.10 Å². The molecule has 0 saturated carbocycles. The fourth-order valence-electron chi connectivity index (χ4n) is 1.61. The summed E-state index contributed by atoms with van der Waals surface area (Å²) >= 11 is 6.79. The van der Waals surface area contributed by atoms with Crippen molar-refractivity contribution in [3.63, 3.8) is 0 Å². The summed E-state index contributed by atoms with van der Waals surface area (Å²) in [5.41, 5.74) is 3.44. The first-order valence-electron chi connectivity index (χ1n) is 5.89. The van der Waals surface area contributed by atoms with Crippen LogP contribution in [-0.2, 0) is 0 Å². The summed E-state index contributed by atoms with van der Waals surface area (Å²) in [6.07, 6.45) is 3.06. The number of hydrogen-bond donors (Lipinski definition) is 1. The van der Waals surface area contributed by atoms with Gasteiger partial charge in [0.2, 0.25) is 0 Å². The molecule has 2 aromatic rings. The van der Waals surface area contributed by atoms with Crippen molar-refractivity contribution in [3.05, 3.63) is 56.7 Å². The van der Waals surface area contributed by atoms with Gasteiger partial charge in [-0.1, -0.05) is 22.0 Å². The lowest BCUT2D eigenvalue weighted by atomic mass is 10.2. The minimum atomic E-state index is -0.375. The van der Waals surface area contributed by atoms with Gasteiger partial charge in [0.15, 0.2) is 0 Å². The van der Waals surface area contributed by atoms with Crippen molar-refractivity contribution in [2.75, 3.05) is 7.11 Å². The summed E-state index contributed by atoms with van der Waals surface area (Å²) in [5, 5.41) is 3.92. The van der Waals surface area contributed by atoms with E-state index in [-0.39, 0.29) is 5.91 Å². The Kier molecular flexibility index (Phi) is 5.46. The maximum Gasteiger partial charge on any atom is 0.289 e. The molecule has 0 fully saturated rings. The first kappa shape index (κ1) is 15.7. The number of ether oxygens (including phenoxy) is 1. The highest BCUT2D eigenvalue weighted by molar-refractivity contribution is 9.11. The van der Waals surface area contributed by atoms with Crippen LogP contribution in [-0.4, -0.2) is 24.2 Å². The molecular formula is C14H11Br2N3O2. The van der Waals surface area contributed by atoms with Crippen molar-refractivity contribution >= 4 is 44.0 Å². The molecule has 0 aliphatic rings. The van der Waals surface area contributed by atoms with Crippen molar-refractivity contribution in [1.29, 1.82) is 0 Å². The molecule has 0 saturated heterocycles. The molecule has 1 N–H and O–H groups in total. The van der Waals surface area contributed by atoms with E-state index in [9.17, 15) is 4.79 Å². The third kappa shape index (κ3) is 4.12. The van der Waals surface area contributed by atoms with Gasteiger partial charge in [-0.15, -0.1) is 0 Å². The quantitative estimate of drug-likeness (QED) is 0.618. The number of hydrogen-bond acceptors (Lipinski definition) is 4. The molecule has 0 atom stereocenters. The highest BCUT2D eigenvalue weighted by Gasteiger charge is 2.08. The number of aromatic nitrogens is 1. The van der Waals surface area contributed by atoms with Gasteiger partial charge in [-0.05, 0) is 40.2 Å². The standard InChI is InChI=1S/C14H11Br2N3O2/c1-21-13-9(6-10(15)7-11(13)16)8-18-19-14(20)12-4-2-3-5-17-12/h2-8H,1H3,(H,19,20)/b18-8-. The molecule has 0 radical (unpaired) electrons. The predicted octanol–water partition coefficient (Wildman–Crippen LogP) is 3.38. The number of hydrazone groups is 1. The lowest BCUT2D eigenvalue weighted by molar-refractivity contribution is 0.0950. The highest BCUT2D eigenvalue weighted by Crippen LogP contribution is 2.31. The number of benzene rings is 1. The topological polar surface area (TPSA) is 63.6 Å². The summed E-state index contributed by atoms with van der Waals surface area (Å²) < 4.78 is 6.95. The van der Waals surface area contributed by atoms with Crippen LogP contribution in [0, 0.1) is 0 Å². The molecule has 7 heteroatoms. The molecule has 108 valence electrons. The van der Waals surface area contributed by atoms with E-state index in [1.165, 1.54) is 6.21 Å². The van der Waals surface area contributed by atoms with Crippen LogP contribution < -0.4 is 10.2 Å². The van der Waals surface area contributed by atoms with Gasteiger partial charge in [-0.25, -0.2) is 5.43 Å². The lowest BCUT2D eigenvalue weighted by Crippen LogP contribution is -2.18. The molecule has 21 heavy (non-hydrogen) atoms. The number of methoxy groups -OCH3 is 1. The first-order valence-corrected chi connectivity index (χ1v) is 7.48. The predicted molar refractivity (Wildman–Crippen MR) is 87.7 cm³/mol. The van der Waals surface area contributed by atoms with E-state index >= 15 is 0 Å². The second-order valence-electron chi connectivity index (χ2n) is 3.92. The number of rotatable bonds is 4. The molecule has 1 aromatic heterocycles. The molecule has 0 aliphatic carbocycles. The molecule has 0 bridgehead atoms. The minimum Gasteiger partial charge on any atom is -0.495 e. The Bertz CT molecular complexity index is 675. The summed E-state index contributed by atoms with van der Waals surface area (Å²) in [6.45, 7) is 0. The summed E-state index contributed by atoms with van der Waals surface area (Å²) in [4.78, 5) is 15.7. The Morgan fingerprint density at radius 2 is 2.19 bits per heavy atom. The average molecular weight is 413 g/mol. The van der Waals surface area contributed by atoms with Gasteiger partial charge in [0.1, 0.15) is 11.4 Å². The van der Waals surface area contributed by atoms with Crippen LogP contribution in [0.5, 0.6) is 5.75 Å². The Morgan fingerprint density at radius 1 is 1.38 bits per heavy atom. The number of pyridine rings is 1. The smallest absolute Gasteiger partial charge is 0.289 e. The van der Waals surface area contributed by atoms with Gasteiger partial charge in [0.05, 0.1) is 17.8 Å². The van der Waals surface area contributed by atoms with Crippen LogP contribution in [0.4, 0.5) is 0 Å². The Labute approximate surface area is 138 Å². The summed E-state index contributed by atoms with van der Waals surface area (Å²) in [7, 11) is 1.57. The van der Waals surface area contributed by atoms with Gasteiger partial charge < -0.3 is 4.74 Å². The zero-order valence-corrected chi connectivity index (χ0v) is 14.2. The van der Waals surface area contributed by atoms with Gasteiger partial charge in [-0.3, -0.25) is 9.78 Å². The van der Waals surface area contributed by atoms with Gasteiger partial charge in [0, 0.05) is 16.2 Å². The van der Waals surface area contributed by atoms with E-state index in [1.807, 2.05) is 12.1 Å². The first-order chi connectivity index (χ1) is 10.1. The molecule has 1 heterocycles.